The molecule has 0 spiro atoms. The van der Waals surface area contributed by atoms with Crippen molar-refractivity contribution in [1.29, 1.82) is 0 Å². The summed E-state index contributed by atoms with van der Waals surface area (Å²) in [5, 5.41) is 0. The van der Waals surface area contributed by atoms with Crippen LogP contribution in [0.15, 0.2) is 59.7 Å². The molecule has 3 rings (SSSR count). The molecule has 0 aliphatic rings. The Balaban J connectivity index is 2.19. The average Bonchev–Trinajstić information content (AvgIpc) is 2.52. The largest absolute Gasteiger partial charge is 0.296 e. The molecule has 0 saturated heterocycles. The molecule has 0 fully saturated rings. The highest BCUT2D eigenvalue weighted by Crippen LogP contribution is 2.20. The van der Waals surface area contributed by atoms with Crippen molar-refractivity contribution in [2.75, 3.05) is 0 Å². The smallest absolute Gasteiger partial charge is 0.254 e. The summed E-state index contributed by atoms with van der Waals surface area (Å²) >= 11 is 0. The summed E-state index contributed by atoms with van der Waals surface area (Å²) < 4.78 is 14.5. The number of nitrogens with zero attached hydrogens (tertiary/aromatic N) is 3. The molecule has 0 aliphatic carbocycles. The second-order valence-corrected chi connectivity index (χ2v) is 4.61. The molecule has 0 radical (unpaired) electrons. The van der Waals surface area contributed by atoms with E-state index in [9.17, 15) is 9.18 Å². The molecule has 0 amide bonds. The fraction of sp³-hybridized carbons (Fsp3) is 0.0625. The molecule has 2 heterocycles. The summed E-state index contributed by atoms with van der Waals surface area (Å²) in [6, 6.07) is 11.0. The van der Waals surface area contributed by atoms with Crippen LogP contribution < -0.4 is 5.56 Å². The highest BCUT2D eigenvalue weighted by atomic mass is 19.1. The topological polar surface area (TPSA) is 47.8 Å². The maximum Gasteiger partial charge on any atom is 0.254 e. The van der Waals surface area contributed by atoms with E-state index in [1.165, 1.54) is 22.8 Å². The van der Waals surface area contributed by atoms with Gasteiger partial charge in [0.15, 0.2) is 0 Å². The molecule has 0 atom stereocenters. The van der Waals surface area contributed by atoms with Crippen LogP contribution in [0.2, 0.25) is 0 Å². The third-order valence-corrected chi connectivity index (χ3v) is 3.21. The van der Waals surface area contributed by atoms with Gasteiger partial charge in [0.05, 0.1) is 5.69 Å². The van der Waals surface area contributed by atoms with E-state index in [0.717, 1.165) is 5.56 Å². The Bertz CT molecular complexity index is 826. The molecule has 0 unspecified atom stereocenters. The second-order valence-electron chi connectivity index (χ2n) is 4.61. The minimum absolute atomic E-state index is 0.170. The van der Waals surface area contributed by atoms with E-state index in [-0.39, 0.29) is 11.4 Å². The van der Waals surface area contributed by atoms with E-state index in [1.54, 1.807) is 43.7 Å². The molecule has 0 saturated carbocycles. The van der Waals surface area contributed by atoms with E-state index < -0.39 is 0 Å². The summed E-state index contributed by atoms with van der Waals surface area (Å²) in [7, 11) is 1.64. The molecular formula is C16H12FN3O. The minimum Gasteiger partial charge on any atom is -0.296 e. The third kappa shape index (κ3) is 2.58. The lowest BCUT2D eigenvalue weighted by molar-refractivity contribution is 0.628. The highest BCUT2D eigenvalue weighted by molar-refractivity contribution is 5.63. The summed E-state index contributed by atoms with van der Waals surface area (Å²) in [5.41, 5.74) is 1.90. The summed E-state index contributed by atoms with van der Waals surface area (Å²) in [6.07, 6.45) is 3.29. The number of benzene rings is 1. The van der Waals surface area contributed by atoms with Gasteiger partial charge in [0.1, 0.15) is 11.6 Å². The fourth-order valence-electron chi connectivity index (χ4n) is 2.07. The van der Waals surface area contributed by atoms with Gasteiger partial charge in [-0.05, 0) is 36.4 Å². The molecule has 2 aromatic heterocycles. The standard InChI is InChI=1S/C16H12FN3O/c1-20-15(21)10-14(11-6-8-18-9-7-11)19-16(20)12-2-4-13(17)5-3-12/h2-10H,1H3. The lowest BCUT2D eigenvalue weighted by atomic mass is 10.1. The van der Waals surface area contributed by atoms with Gasteiger partial charge in [0, 0.05) is 36.6 Å². The van der Waals surface area contributed by atoms with Crippen LogP contribution in [0.25, 0.3) is 22.6 Å². The van der Waals surface area contributed by atoms with Crippen molar-refractivity contribution in [2.24, 2.45) is 7.05 Å². The predicted molar refractivity (Wildman–Crippen MR) is 78.1 cm³/mol. The third-order valence-electron chi connectivity index (χ3n) is 3.21. The Labute approximate surface area is 120 Å². The minimum atomic E-state index is -0.325. The normalized spacial score (nSPS) is 10.6. The first kappa shape index (κ1) is 13.2. The lowest BCUT2D eigenvalue weighted by Gasteiger charge is -2.09. The molecular weight excluding hydrogens is 269 g/mol. The van der Waals surface area contributed by atoms with Crippen molar-refractivity contribution in [1.82, 2.24) is 14.5 Å². The van der Waals surface area contributed by atoms with Crippen LogP contribution >= 0.6 is 0 Å². The average molecular weight is 281 g/mol. The maximum atomic E-state index is 13.0. The quantitative estimate of drug-likeness (QED) is 0.725. The molecule has 5 heteroatoms. The van der Waals surface area contributed by atoms with Crippen LogP contribution in [0.4, 0.5) is 4.39 Å². The van der Waals surface area contributed by atoms with Gasteiger partial charge in [-0.1, -0.05) is 0 Å². The van der Waals surface area contributed by atoms with Crippen LogP contribution in [0, 0.1) is 5.82 Å². The summed E-state index contributed by atoms with van der Waals surface area (Å²) in [5.74, 6) is 0.170. The van der Waals surface area contributed by atoms with Gasteiger partial charge in [-0.25, -0.2) is 9.37 Å². The monoisotopic (exact) mass is 281 g/mol. The van der Waals surface area contributed by atoms with Gasteiger partial charge < -0.3 is 0 Å². The highest BCUT2D eigenvalue weighted by Gasteiger charge is 2.09. The van der Waals surface area contributed by atoms with Crippen molar-refractivity contribution in [3.8, 4) is 22.6 Å². The van der Waals surface area contributed by atoms with Gasteiger partial charge in [0.25, 0.3) is 5.56 Å². The van der Waals surface area contributed by atoms with Crippen LogP contribution in [-0.2, 0) is 7.05 Å². The first-order valence-electron chi connectivity index (χ1n) is 6.39. The Morgan fingerprint density at radius 1 is 1.00 bits per heavy atom. The molecule has 0 bridgehead atoms. The van der Waals surface area contributed by atoms with Crippen molar-refractivity contribution in [3.05, 3.63) is 71.0 Å². The number of hydrogen-bond acceptors (Lipinski definition) is 3. The molecule has 1 aromatic carbocycles. The zero-order valence-electron chi connectivity index (χ0n) is 11.3. The van der Waals surface area contributed by atoms with E-state index in [1.807, 2.05) is 0 Å². The van der Waals surface area contributed by atoms with E-state index in [0.29, 0.717) is 17.1 Å². The SMILES string of the molecule is Cn1c(-c2ccc(F)cc2)nc(-c2ccncc2)cc1=O. The van der Waals surface area contributed by atoms with E-state index in [4.69, 9.17) is 0 Å². The van der Waals surface area contributed by atoms with Crippen molar-refractivity contribution in [3.63, 3.8) is 0 Å². The van der Waals surface area contributed by atoms with Gasteiger partial charge in [-0.3, -0.25) is 14.3 Å². The number of rotatable bonds is 2. The van der Waals surface area contributed by atoms with Crippen molar-refractivity contribution in [2.45, 2.75) is 0 Å². The number of pyridine rings is 1. The number of hydrogen-bond donors (Lipinski definition) is 0. The first-order chi connectivity index (χ1) is 10.1. The second kappa shape index (κ2) is 5.28. The molecule has 104 valence electrons. The summed E-state index contributed by atoms with van der Waals surface area (Å²) in [4.78, 5) is 20.6. The molecule has 3 aromatic rings. The van der Waals surface area contributed by atoms with Crippen molar-refractivity contribution >= 4 is 0 Å². The van der Waals surface area contributed by atoms with Crippen LogP contribution in [0.3, 0.4) is 0 Å². The lowest BCUT2D eigenvalue weighted by Crippen LogP contribution is -2.19. The Morgan fingerprint density at radius 3 is 2.33 bits per heavy atom. The van der Waals surface area contributed by atoms with Gasteiger partial charge in [-0.2, -0.15) is 0 Å². The Morgan fingerprint density at radius 2 is 1.67 bits per heavy atom. The Hall–Kier alpha value is -2.82. The molecule has 4 nitrogen and oxygen atoms in total. The van der Waals surface area contributed by atoms with Gasteiger partial charge in [-0.15, -0.1) is 0 Å². The summed E-state index contributed by atoms with van der Waals surface area (Å²) in [6.45, 7) is 0. The van der Waals surface area contributed by atoms with Gasteiger partial charge >= 0.3 is 0 Å². The fourth-order valence-corrected chi connectivity index (χ4v) is 2.07. The van der Waals surface area contributed by atoms with E-state index >= 15 is 0 Å². The van der Waals surface area contributed by atoms with Crippen LogP contribution in [0.5, 0.6) is 0 Å². The number of halogens is 1. The predicted octanol–water partition coefficient (Wildman–Crippen LogP) is 2.65. The van der Waals surface area contributed by atoms with Crippen LogP contribution in [-0.4, -0.2) is 14.5 Å². The Kier molecular flexibility index (Phi) is 3.31. The van der Waals surface area contributed by atoms with Gasteiger partial charge in [0.2, 0.25) is 0 Å². The van der Waals surface area contributed by atoms with Crippen LogP contribution in [0.1, 0.15) is 0 Å². The molecule has 0 N–H and O–H groups in total. The number of aromatic nitrogens is 3. The van der Waals surface area contributed by atoms with Crippen molar-refractivity contribution < 1.29 is 4.39 Å². The zero-order chi connectivity index (χ0) is 14.8. The maximum absolute atomic E-state index is 13.0. The molecule has 0 aliphatic heterocycles. The first-order valence-corrected chi connectivity index (χ1v) is 6.39. The zero-order valence-corrected chi connectivity index (χ0v) is 11.3. The molecule has 21 heavy (non-hydrogen) atoms. The van der Waals surface area contributed by atoms with E-state index in [2.05, 4.69) is 9.97 Å².